The van der Waals surface area contributed by atoms with E-state index >= 15 is 8.78 Å². The summed E-state index contributed by atoms with van der Waals surface area (Å²) in [5.74, 6) is 0.447. The maximum atomic E-state index is 16.3. The molecule has 0 radical (unpaired) electrons. The van der Waals surface area contributed by atoms with Crippen LogP contribution in [0.2, 0.25) is 0 Å². The van der Waals surface area contributed by atoms with Gasteiger partial charge in [0.1, 0.15) is 36.0 Å². The predicted molar refractivity (Wildman–Crippen MR) is 259 cm³/mol. The smallest absolute Gasteiger partial charge is 0.426 e. The van der Waals surface area contributed by atoms with Crippen molar-refractivity contribution in [3.8, 4) is 17.2 Å². The van der Waals surface area contributed by atoms with Gasteiger partial charge in [0, 0.05) is 24.9 Å². The Labute approximate surface area is 421 Å². The average molecular weight is 1050 g/mol. The maximum absolute atomic E-state index is 16.3. The van der Waals surface area contributed by atoms with Gasteiger partial charge in [0.15, 0.2) is 6.29 Å². The van der Waals surface area contributed by atoms with Gasteiger partial charge in [-0.25, -0.2) is 14.8 Å². The van der Waals surface area contributed by atoms with Crippen LogP contribution >= 0.6 is 11.3 Å². The van der Waals surface area contributed by atoms with Crippen LogP contribution in [0.5, 0.6) is 17.2 Å². The number of hydrogen-bond donors (Lipinski definition) is 0. The van der Waals surface area contributed by atoms with Crippen molar-refractivity contribution >= 4 is 49.6 Å². The fourth-order valence-electron chi connectivity index (χ4n) is 9.15. The summed E-state index contributed by atoms with van der Waals surface area (Å²) in [6, 6.07) is 21.0. The Bertz CT molecular complexity index is 2630. The molecule has 2 heterocycles. The number of fused-ring (bicyclic) bond motifs is 2. The summed E-state index contributed by atoms with van der Waals surface area (Å²) in [5.41, 5.74) is -1.22. The molecule has 0 amide bonds. The number of esters is 1. The van der Waals surface area contributed by atoms with E-state index in [1.54, 1.807) is 42.5 Å². The van der Waals surface area contributed by atoms with Gasteiger partial charge in [-0.2, -0.15) is 40.2 Å². The van der Waals surface area contributed by atoms with Crippen molar-refractivity contribution < 1.29 is 73.1 Å². The summed E-state index contributed by atoms with van der Waals surface area (Å²) in [6.07, 6.45) is -5.38. The van der Waals surface area contributed by atoms with Gasteiger partial charge >= 0.3 is 24.4 Å². The molecule has 20 heteroatoms. The van der Waals surface area contributed by atoms with Crippen molar-refractivity contribution in [2.24, 2.45) is 22.9 Å². The number of benzene rings is 4. The summed E-state index contributed by atoms with van der Waals surface area (Å²) in [4.78, 5) is 16.2. The van der Waals surface area contributed by atoms with Crippen molar-refractivity contribution in [3.63, 3.8) is 0 Å². The number of halogens is 8. The second-order valence-corrected chi connectivity index (χ2v) is 19.5. The normalized spacial score (nSPS) is 20.6. The molecule has 0 bridgehead atoms. The fraction of sp³-hybridized carbons (Fsp3) is 0.491. The molecule has 8 rings (SSSR count). The molecule has 4 aromatic carbocycles. The lowest BCUT2D eigenvalue weighted by atomic mass is 9.71. The highest BCUT2D eigenvalue weighted by Crippen LogP contribution is 2.42. The number of carbonyl (C=O) groups is 1. The Morgan fingerprint density at radius 3 is 2.21 bits per heavy atom. The number of epoxide rings is 1. The Morgan fingerprint density at radius 1 is 0.781 bits per heavy atom. The molecule has 11 nitrogen and oxygen atoms in total. The van der Waals surface area contributed by atoms with Crippen molar-refractivity contribution in [2.45, 2.75) is 101 Å². The van der Waals surface area contributed by atoms with Crippen molar-refractivity contribution in [1.82, 2.24) is 4.98 Å². The first-order valence-corrected chi connectivity index (χ1v) is 25.3. The van der Waals surface area contributed by atoms with Gasteiger partial charge in [0.05, 0.1) is 54.5 Å². The molecule has 2 saturated carbocycles. The highest BCUT2D eigenvalue weighted by atomic mass is 32.1. The van der Waals surface area contributed by atoms with E-state index in [1.807, 2.05) is 12.1 Å². The fourth-order valence-corrected chi connectivity index (χ4v) is 10.1. The number of ether oxygens (including phenoxy) is 7. The summed E-state index contributed by atoms with van der Waals surface area (Å²) >= 11 is 1.24. The van der Waals surface area contributed by atoms with Gasteiger partial charge in [0.25, 0.3) is 0 Å². The second-order valence-electron chi connectivity index (χ2n) is 18.5. The first kappa shape index (κ1) is 53.7. The Hall–Kier alpha value is -5.57. The lowest BCUT2D eigenvalue weighted by Crippen LogP contribution is -2.30. The summed E-state index contributed by atoms with van der Waals surface area (Å²) in [7, 11) is 0. The monoisotopic (exact) mass is 1050 g/mol. The van der Waals surface area contributed by atoms with E-state index in [-0.39, 0.29) is 55.8 Å². The maximum Gasteiger partial charge on any atom is 0.426 e. The van der Waals surface area contributed by atoms with Gasteiger partial charge in [-0.3, -0.25) is 0 Å². The topological polar surface area (TPSA) is 113 Å². The number of hydrogen-bond acceptors (Lipinski definition) is 12. The number of alkyl halides is 8. The predicted octanol–water partition coefficient (Wildman–Crippen LogP) is 13.3. The van der Waals surface area contributed by atoms with Crippen molar-refractivity contribution in [2.75, 3.05) is 51.2 Å². The number of nitrogens with zero attached hydrogens (tertiary/aromatic N) is 3. The molecule has 394 valence electrons. The molecule has 5 aromatic rings. The average Bonchev–Trinajstić information content (AvgIpc) is 4.10. The van der Waals surface area contributed by atoms with E-state index < -0.39 is 42.0 Å². The molecule has 2 aliphatic carbocycles. The zero-order chi connectivity index (χ0) is 51.6. The Morgan fingerprint density at radius 2 is 1.48 bits per heavy atom. The Balaban J connectivity index is 0.906. The minimum atomic E-state index is -4.85. The molecule has 1 aliphatic heterocycles. The van der Waals surface area contributed by atoms with Gasteiger partial charge in [-0.05, 0) is 141 Å². The number of hydrazone groups is 1. The van der Waals surface area contributed by atoms with Crippen LogP contribution in [0.4, 0.5) is 40.3 Å². The van der Waals surface area contributed by atoms with Gasteiger partial charge in [0.2, 0.25) is 5.13 Å². The minimum Gasteiger partial charge on any atom is -0.493 e. The van der Waals surface area contributed by atoms with Gasteiger partial charge in [-0.1, -0.05) is 42.2 Å². The first-order chi connectivity index (χ1) is 35.0. The highest BCUT2D eigenvalue weighted by molar-refractivity contribution is 7.22. The molecule has 3 fully saturated rings. The van der Waals surface area contributed by atoms with E-state index in [9.17, 15) is 31.1 Å². The van der Waals surface area contributed by atoms with Crippen LogP contribution in [0.1, 0.15) is 81.8 Å². The number of rotatable bonds is 24. The van der Waals surface area contributed by atoms with Crippen LogP contribution in [0, 0.1) is 17.8 Å². The molecule has 73 heavy (non-hydrogen) atoms. The van der Waals surface area contributed by atoms with Crippen LogP contribution in [-0.2, 0) is 29.9 Å². The summed E-state index contributed by atoms with van der Waals surface area (Å²) in [6.45, 7) is 4.15. The molecule has 1 atom stereocenters. The second kappa shape index (κ2) is 24.2. The molecule has 1 aromatic heterocycles. The van der Waals surface area contributed by atoms with Crippen LogP contribution in [0.25, 0.3) is 21.0 Å². The quantitative estimate of drug-likeness (QED) is 0.0113. The van der Waals surface area contributed by atoms with E-state index in [0.29, 0.717) is 77.6 Å². The van der Waals surface area contributed by atoms with E-state index in [0.717, 1.165) is 56.1 Å². The molecular weight excluding hydrogens is 991 g/mol. The molecule has 0 N–H and O–H groups in total. The summed E-state index contributed by atoms with van der Waals surface area (Å²) < 4.78 is 150. The third-order valence-electron chi connectivity index (χ3n) is 13.2. The van der Waals surface area contributed by atoms with Crippen molar-refractivity contribution in [3.05, 3.63) is 102 Å². The highest BCUT2D eigenvalue weighted by Gasteiger charge is 2.39. The molecule has 0 spiro atoms. The van der Waals surface area contributed by atoms with Crippen molar-refractivity contribution in [1.29, 1.82) is 0 Å². The molecular formula is C53H57F8N3O8S. The standard InChI is InChI=1S/C53H57F8N3O8S/c1-34(52(57,58)59)49(65)69-27-26-67-42-17-13-37(14-18-42)36-10-8-35(9-11-36)32-70-44-20-21-46(40(30-44)31-62-64(23-4-22-51(54,55)56)50-63-45-6-2-3-7-47(45)73-50)72-53(60,61)41-16-12-39-29-43(19-15-38(39)28-41)66-24-5-25-68-48-33-71-48/h2-3,6-7,12,15-16,19-21,28-31,35-37,42,48H,1,4-5,8-11,13-14,17-18,22-27,32-33H2/b62-31+. The van der Waals surface area contributed by atoms with E-state index in [4.69, 9.17) is 28.4 Å². The minimum absolute atomic E-state index is 0.000184. The van der Waals surface area contributed by atoms with Gasteiger partial charge in [-0.15, -0.1) is 0 Å². The largest absolute Gasteiger partial charge is 0.493 e. The number of para-hydroxylation sites is 1. The van der Waals surface area contributed by atoms with Crippen LogP contribution < -0.4 is 19.2 Å². The lowest BCUT2D eigenvalue weighted by Gasteiger charge is -2.37. The van der Waals surface area contributed by atoms with E-state index in [2.05, 4.69) is 21.4 Å². The van der Waals surface area contributed by atoms with Crippen LogP contribution in [-0.4, -0.2) is 88.1 Å². The zero-order valence-corrected chi connectivity index (χ0v) is 40.8. The molecule has 3 aliphatic rings. The zero-order valence-electron chi connectivity index (χ0n) is 39.9. The number of thiazole rings is 1. The van der Waals surface area contributed by atoms with Crippen LogP contribution in [0.3, 0.4) is 0 Å². The number of aromatic nitrogens is 1. The SMILES string of the molecule is C=C(C(=O)OCCOC1CCC(C2CCC(COc3ccc(OC(F)(F)c4ccc5cc(OCCCOC6CO6)ccc5c4)c(/C=N/N(CCCC(F)(F)F)c4nc5ccccc5s4)c3)CC2)CC1)C(F)(F)F. The van der Waals surface area contributed by atoms with Gasteiger partial charge < -0.3 is 33.2 Å². The number of carbonyl (C=O) groups excluding carboxylic acids is 1. The Kier molecular flexibility index (Phi) is 17.8. The molecule has 1 unspecified atom stereocenters. The number of anilines is 1. The van der Waals surface area contributed by atoms with E-state index in [1.165, 1.54) is 46.8 Å². The first-order valence-electron chi connectivity index (χ1n) is 24.5. The summed E-state index contributed by atoms with van der Waals surface area (Å²) in [5, 5.41) is 7.42. The molecule has 1 saturated heterocycles. The van der Waals surface area contributed by atoms with Crippen LogP contribution in [0.15, 0.2) is 96.1 Å². The third kappa shape index (κ3) is 15.7. The lowest BCUT2D eigenvalue weighted by molar-refractivity contribution is -0.185. The third-order valence-corrected chi connectivity index (χ3v) is 14.3.